The van der Waals surface area contributed by atoms with Gasteiger partial charge in [0.05, 0.1) is 5.56 Å². The van der Waals surface area contributed by atoms with Crippen molar-refractivity contribution in [3.63, 3.8) is 0 Å². The molecule has 0 aliphatic heterocycles. The van der Waals surface area contributed by atoms with Gasteiger partial charge in [-0.15, -0.1) is 0 Å². The first kappa shape index (κ1) is 16.0. The topological polar surface area (TPSA) is 12.0 Å². The number of alkyl halides is 6. The minimum Gasteiger partial charge on any atom is -0.384 e. The van der Waals surface area contributed by atoms with Gasteiger partial charge in [-0.1, -0.05) is 6.07 Å². The number of aryl methyl sites for hydroxylation is 1. The second-order valence-electron chi connectivity index (χ2n) is 3.75. The quantitative estimate of drug-likeness (QED) is 0.640. The average Bonchev–Trinajstić information content (AvgIpc) is 2.23. The monoisotopic (exact) mass is 303 g/mol. The molecule has 1 nitrogen and oxygen atoms in total. The zero-order valence-corrected chi connectivity index (χ0v) is 10.6. The summed E-state index contributed by atoms with van der Waals surface area (Å²) in [6, 6.07) is 3.58. The smallest absolute Gasteiger partial charge is 0.384 e. The van der Waals surface area contributed by atoms with Crippen LogP contribution in [-0.2, 0) is 6.18 Å². The van der Waals surface area contributed by atoms with Gasteiger partial charge < -0.3 is 5.32 Å². The fourth-order valence-electron chi connectivity index (χ4n) is 1.40. The van der Waals surface area contributed by atoms with E-state index in [2.05, 4.69) is 5.32 Å². The Bertz CT molecular complexity index is 426. The normalized spacial score (nSPS) is 12.6. The van der Waals surface area contributed by atoms with Crippen LogP contribution < -0.4 is 5.32 Å². The Morgan fingerprint density at radius 3 is 2.26 bits per heavy atom. The summed E-state index contributed by atoms with van der Waals surface area (Å²) in [5, 5.41) is 2.54. The van der Waals surface area contributed by atoms with Crippen LogP contribution >= 0.6 is 11.8 Å². The molecular formula is C11H11F6NS. The van der Waals surface area contributed by atoms with Gasteiger partial charge in [-0.3, -0.25) is 0 Å². The molecule has 0 aliphatic carbocycles. The lowest BCUT2D eigenvalue weighted by Crippen LogP contribution is -2.11. The summed E-state index contributed by atoms with van der Waals surface area (Å²) < 4.78 is 73.3. The van der Waals surface area contributed by atoms with Crippen LogP contribution in [0.4, 0.5) is 32.0 Å². The molecular weight excluding hydrogens is 292 g/mol. The van der Waals surface area contributed by atoms with Gasteiger partial charge >= 0.3 is 11.7 Å². The summed E-state index contributed by atoms with van der Waals surface area (Å²) in [7, 11) is 0. The molecule has 1 aromatic rings. The fraction of sp³-hybridized carbons (Fsp3) is 0.455. The molecule has 0 saturated carbocycles. The van der Waals surface area contributed by atoms with E-state index in [1.54, 1.807) is 0 Å². The number of rotatable bonds is 4. The molecule has 0 spiro atoms. The number of halogens is 6. The molecule has 8 heteroatoms. The summed E-state index contributed by atoms with van der Waals surface area (Å²) >= 11 is -0.219. The molecule has 108 valence electrons. The molecule has 1 rings (SSSR count). The van der Waals surface area contributed by atoms with Crippen molar-refractivity contribution in [3.8, 4) is 0 Å². The molecule has 0 saturated heterocycles. The molecule has 0 bridgehead atoms. The first-order chi connectivity index (χ1) is 8.59. The predicted octanol–water partition coefficient (Wildman–Crippen LogP) is 4.68. The molecule has 1 N–H and O–H groups in total. The van der Waals surface area contributed by atoms with E-state index in [1.165, 1.54) is 19.1 Å². The molecule has 0 unspecified atom stereocenters. The molecule has 1 aromatic carbocycles. The summed E-state index contributed by atoms with van der Waals surface area (Å²) in [6.07, 6.45) is -4.47. The van der Waals surface area contributed by atoms with Gasteiger partial charge in [0.15, 0.2) is 0 Å². The molecule has 0 heterocycles. The van der Waals surface area contributed by atoms with Crippen LogP contribution in [-0.4, -0.2) is 17.8 Å². The summed E-state index contributed by atoms with van der Waals surface area (Å²) in [4.78, 5) is 0. The van der Waals surface area contributed by atoms with Gasteiger partial charge in [0, 0.05) is 18.0 Å². The van der Waals surface area contributed by atoms with Crippen molar-refractivity contribution >= 4 is 17.4 Å². The van der Waals surface area contributed by atoms with E-state index in [-0.39, 0.29) is 35.3 Å². The van der Waals surface area contributed by atoms with E-state index in [0.29, 0.717) is 0 Å². The largest absolute Gasteiger partial charge is 0.441 e. The van der Waals surface area contributed by atoms with E-state index in [1.807, 2.05) is 0 Å². The Kier molecular flexibility index (Phi) is 5.00. The number of hydrogen-bond acceptors (Lipinski definition) is 2. The van der Waals surface area contributed by atoms with Crippen LogP contribution in [0.3, 0.4) is 0 Å². The van der Waals surface area contributed by atoms with Crippen molar-refractivity contribution in [2.24, 2.45) is 0 Å². The Labute approximate surface area is 110 Å². The molecule has 0 fully saturated rings. The van der Waals surface area contributed by atoms with Crippen molar-refractivity contribution in [2.75, 3.05) is 17.6 Å². The van der Waals surface area contributed by atoms with Crippen molar-refractivity contribution < 1.29 is 26.3 Å². The fourth-order valence-corrected chi connectivity index (χ4v) is 1.84. The van der Waals surface area contributed by atoms with Crippen molar-refractivity contribution in [2.45, 2.75) is 18.6 Å². The third-order valence-corrected chi connectivity index (χ3v) is 2.98. The SMILES string of the molecule is Cc1ccc(NCCSC(F)(F)F)cc1C(F)(F)F. The van der Waals surface area contributed by atoms with Crippen molar-refractivity contribution in [1.29, 1.82) is 0 Å². The molecule has 0 amide bonds. The standard InChI is InChI=1S/C11H11F6NS/c1-7-2-3-8(6-9(7)10(12,13)14)18-4-5-19-11(15,16)17/h2-3,6,18H,4-5H2,1H3. The summed E-state index contributed by atoms with van der Waals surface area (Å²) in [6.45, 7) is 1.26. The van der Waals surface area contributed by atoms with Crippen LogP contribution in [0.1, 0.15) is 11.1 Å². The highest BCUT2D eigenvalue weighted by Gasteiger charge is 2.32. The lowest BCUT2D eigenvalue weighted by molar-refractivity contribution is -0.138. The van der Waals surface area contributed by atoms with Gasteiger partial charge in [0.1, 0.15) is 0 Å². The van der Waals surface area contributed by atoms with Gasteiger partial charge in [0.25, 0.3) is 0 Å². The van der Waals surface area contributed by atoms with Gasteiger partial charge in [-0.05, 0) is 36.4 Å². The molecule has 19 heavy (non-hydrogen) atoms. The van der Waals surface area contributed by atoms with Gasteiger partial charge in [-0.25, -0.2) is 0 Å². The van der Waals surface area contributed by atoms with Crippen LogP contribution in [0.5, 0.6) is 0 Å². The van der Waals surface area contributed by atoms with Crippen LogP contribution in [0.2, 0.25) is 0 Å². The van der Waals surface area contributed by atoms with Gasteiger partial charge in [0.2, 0.25) is 0 Å². The van der Waals surface area contributed by atoms with E-state index in [0.717, 1.165) is 6.07 Å². The summed E-state index contributed by atoms with van der Waals surface area (Å²) in [5.41, 5.74) is -4.89. The van der Waals surface area contributed by atoms with Crippen LogP contribution in [0.25, 0.3) is 0 Å². The molecule has 0 atom stereocenters. The first-order valence-electron chi connectivity index (χ1n) is 5.22. The maximum atomic E-state index is 12.6. The van der Waals surface area contributed by atoms with E-state index >= 15 is 0 Å². The Morgan fingerprint density at radius 2 is 1.74 bits per heavy atom. The van der Waals surface area contributed by atoms with Crippen molar-refractivity contribution in [1.82, 2.24) is 0 Å². The zero-order chi connectivity index (χ0) is 14.7. The number of benzene rings is 1. The Morgan fingerprint density at radius 1 is 1.11 bits per heavy atom. The van der Waals surface area contributed by atoms with E-state index in [9.17, 15) is 26.3 Å². The minimum atomic E-state index is -4.47. The second kappa shape index (κ2) is 5.94. The molecule has 0 aromatic heterocycles. The minimum absolute atomic E-state index is 0.0649. The highest BCUT2D eigenvalue weighted by atomic mass is 32.2. The average molecular weight is 303 g/mol. The second-order valence-corrected chi connectivity index (χ2v) is 4.91. The lowest BCUT2D eigenvalue weighted by atomic mass is 10.1. The summed E-state index contributed by atoms with van der Waals surface area (Å²) in [5.74, 6) is -0.265. The van der Waals surface area contributed by atoms with Gasteiger partial charge in [-0.2, -0.15) is 26.3 Å². The van der Waals surface area contributed by atoms with E-state index < -0.39 is 17.2 Å². The molecule has 0 aliphatic rings. The Balaban J connectivity index is 2.61. The number of anilines is 1. The number of hydrogen-bond donors (Lipinski definition) is 1. The van der Waals surface area contributed by atoms with Crippen LogP contribution in [0.15, 0.2) is 18.2 Å². The highest BCUT2D eigenvalue weighted by molar-refractivity contribution is 8.00. The maximum absolute atomic E-state index is 12.6. The van der Waals surface area contributed by atoms with Crippen molar-refractivity contribution in [3.05, 3.63) is 29.3 Å². The number of nitrogens with one attached hydrogen (secondary N) is 1. The predicted molar refractivity (Wildman–Crippen MR) is 63.2 cm³/mol. The zero-order valence-electron chi connectivity index (χ0n) is 9.82. The number of thioether (sulfide) groups is 1. The third kappa shape index (κ3) is 5.63. The Hall–Kier alpha value is -1.05. The third-order valence-electron chi connectivity index (χ3n) is 2.24. The van der Waals surface area contributed by atoms with E-state index in [4.69, 9.17) is 0 Å². The highest BCUT2D eigenvalue weighted by Crippen LogP contribution is 2.33. The lowest BCUT2D eigenvalue weighted by Gasteiger charge is -2.13. The first-order valence-corrected chi connectivity index (χ1v) is 6.20. The van der Waals surface area contributed by atoms with Crippen LogP contribution in [0, 0.1) is 6.92 Å². The molecule has 0 radical (unpaired) electrons. The maximum Gasteiger partial charge on any atom is 0.441 e.